The summed E-state index contributed by atoms with van der Waals surface area (Å²) < 4.78 is 10.1. The zero-order valence-electron chi connectivity index (χ0n) is 14.4. The topological polar surface area (TPSA) is 38.8 Å². The van der Waals surface area contributed by atoms with Crippen molar-refractivity contribution in [1.82, 2.24) is 0 Å². The fraction of sp³-hybridized carbons (Fsp3) is 0.250. The third-order valence-electron chi connectivity index (χ3n) is 3.82. The summed E-state index contributed by atoms with van der Waals surface area (Å²) in [4.78, 5) is 14.2. The Bertz CT molecular complexity index is 678. The number of anilines is 1. The van der Waals surface area contributed by atoms with Crippen LogP contribution in [-0.4, -0.2) is 33.8 Å². The molecule has 0 atom stereocenters. The van der Waals surface area contributed by atoms with Crippen LogP contribution in [0.3, 0.4) is 0 Å². The molecule has 4 heteroatoms. The van der Waals surface area contributed by atoms with E-state index in [1.54, 1.807) is 7.11 Å². The molecule has 0 amide bonds. The number of ether oxygens (including phenoxy) is 2. The van der Waals surface area contributed by atoms with Gasteiger partial charge in [0.25, 0.3) is 0 Å². The van der Waals surface area contributed by atoms with E-state index in [0.29, 0.717) is 12.0 Å². The van der Waals surface area contributed by atoms with Crippen LogP contribution >= 0.6 is 0 Å². The van der Waals surface area contributed by atoms with Crippen molar-refractivity contribution in [3.05, 3.63) is 65.7 Å². The van der Waals surface area contributed by atoms with Gasteiger partial charge in [-0.25, -0.2) is 4.79 Å². The summed E-state index contributed by atoms with van der Waals surface area (Å²) in [5.41, 5.74) is 2.70. The van der Waals surface area contributed by atoms with E-state index < -0.39 is 0 Å². The second kappa shape index (κ2) is 8.77. The van der Waals surface area contributed by atoms with Gasteiger partial charge in [0.2, 0.25) is 0 Å². The van der Waals surface area contributed by atoms with Crippen LogP contribution in [0.4, 0.5) is 5.69 Å². The first kappa shape index (κ1) is 17.6. The Kier molecular flexibility index (Phi) is 6.43. The molecule has 2 aromatic carbocycles. The number of hydrogen-bond acceptors (Lipinski definition) is 4. The molecule has 2 rings (SSSR count). The van der Waals surface area contributed by atoms with Crippen LogP contribution in [0.2, 0.25) is 0 Å². The molecular weight excluding hydrogens is 302 g/mol. The van der Waals surface area contributed by atoms with E-state index in [1.807, 2.05) is 67.7 Å². The van der Waals surface area contributed by atoms with Crippen LogP contribution in [0, 0.1) is 0 Å². The minimum absolute atomic E-state index is 0.299. The molecule has 0 bridgehead atoms. The Labute approximate surface area is 143 Å². The highest BCUT2D eigenvalue weighted by Crippen LogP contribution is 2.18. The first-order valence-electron chi connectivity index (χ1n) is 7.83. The molecular formula is C20H23NO3. The SMILES string of the molecule is COC(=O)C(=Cc1ccc(OC)cc1)CCN(C)c1ccccc1. The van der Waals surface area contributed by atoms with Gasteiger partial charge in [-0.05, 0) is 42.3 Å². The fourth-order valence-corrected chi connectivity index (χ4v) is 2.37. The molecule has 0 saturated carbocycles. The Morgan fingerprint density at radius 3 is 2.29 bits per heavy atom. The maximum absolute atomic E-state index is 12.1. The van der Waals surface area contributed by atoms with Gasteiger partial charge in [0.05, 0.1) is 14.2 Å². The second-order valence-electron chi connectivity index (χ2n) is 5.44. The standard InChI is InChI=1S/C20H23NO3/c1-21(18-7-5-4-6-8-18)14-13-17(20(22)24-3)15-16-9-11-19(23-2)12-10-16/h4-12,15H,13-14H2,1-3H3. The lowest BCUT2D eigenvalue weighted by Gasteiger charge is -2.19. The molecule has 126 valence electrons. The van der Waals surface area contributed by atoms with Gasteiger partial charge in [-0.1, -0.05) is 30.3 Å². The summed E-state index contributed by atoms with van der Waals surface area (Å²) in [6.45, 7) is 0.723. The van der Waals surface area contributed by atoms with Crippen molar-refractivity contribution < 1.29 is 14.3 Å². The van der Waals surface area contributed by atoms with E-state index >= 15 is 0 Å². The van der Waals surface area contributed by atoms with Crippen molar-refractivity contribution in [2.75, 3.05) is 32.7 Å². The van der Waals surface area contributed by atoms with Crippen molar-refractivity contribution in [3.63, 3.8) is 0 Å². The third kappa shape index (κ3) is 4.88. The van der Waals surface area contributed by atoms with Gasteiger partial charge in [0, 0.05) is 24.9 Å². The molecule has 24 heavy (non-hydrogen) atoms. The van der Waals surface area contributed by atoms with Crippen LogP contribution < -0.4 is 9.64 Å². The number of carbonyl (C=O) groups is 1. The molecule has 0 saturated heterocycles. The highest BCUT2D eigenvalue weighted by molar-refractivity contribution is 5.93. The van der Waals surface area contributed by atoms with Gasteiger partial charge >= 0.3 is 5.97 Å². The predicted molar refractivity (Wildman–Crippen MR) is 97.3 cm³/mol. The number of rotatable bonds is 7. The summed E-state index contributed by atoms with van der Waals surface area (Å²) in [6, 6.07) is 17.7. The van der Waals surface area contributed by atoms with Crippen molar-refractivity contribution in [2.45, 2.75) is 6.42 Å². The molecule has 2 aromatic rings. The highest BCUT2D eigenvalue weighted by Gasteiger charge is 2.11. The van der Waals surface area contributed by atoms with E-state index in [1.165, 1.54) is 7.11 Å². The number of esters is 1. The maximum atomic E-state index is 12.1. The normalized spacial score (nSPS) is 11.0. The van der Waals surface area contributed by atoms with Crippen molar-refractivity contribution in [2.24, 2.45) is 0 Å². The first-order chi connectivity index (χ1) is 11.6. The third-order valence-corrected chi connectivity index (χ3v) is 3.82. The lowest BCUT2D eigenvalue weighted by molar-refractivity contribution is -0.136. The lowest BCUT2D eigenvalue weighted by Crippen LogP contribution is -2.20. The van der Waals surface area contributed by atoms with Crippen LogP contribution in [0.1, 0.15) is 12.0 Å². The molecule has 0 spiro atoms. The molecule has 0 aliphatic rings. The van der Waals surface area contributed by atoms with Gasteiger partial charge in [-0.2, -0.15) is 0 Å². The minimum Gasteiger partial charge on any atom is -0.497 e. The quantitative estimate of drug-likeness (QED) is 0.574. The van der Waals surface area contributed by atoms with Crippen molar-refractivity contribution >= 4 is 17.7 Å². The zero-order chi connectivity index (χ0) is 17.4. The van der Waals surface area contributed by atoms with E-state index in [4.69, 9.17) is 9.47 Å². The molecule has 0 heterocycles. The number of benzene rings is 2. The molecule has 0 unspecified atom stereocenters. The van der Waals surface area contributed by atoms with E-state index in [9.17, 15) is 4.79 Å². The van der Waals surface area contributed by atoms with Crippen LogP contribution in [-0.2, 0) is 9.53 Å². The number of para-hydroxylation sites is 1. The van der Waals surface area contributed by atoms with Crippen molar-refractivity contribution in [1.29, 1.82) is 0 Å². The summed E-state index contributed by atoms with van der Waals surface area (Å²) in [5.74, 6) is 0.489. The van der Waals surface area contributed by atoms with Crippen LogP contribution in [0.25, 0.3) is 6.08 Å². The molecule has 0 N–H and O–H groups in total. The van der Waals surface area contributed by atoms with Crippen LogP contribution in [0.5, 0.6) is 5.75 Å². The monoisotopic (exact) mass is 325 g/mol. The number of carbonyl (C=O) groups excluding carboxylic acids is 1. The van der Waals surface area contributed by atoms with Gasteiger partial charge in [-0.15, -0.1) is 0 Å². The average Bonchev–Trinajstić information content (AvgIpc) is 2.65. The van der Waals surface area contributed by atoms with E-state index in [-0.39, 0.29) is 5.97 Å². The molecule has 4 nitrogen and oxygen atoms in total. The minimum atomic E-state index is -0.299. The Hall–Kier alpha value is -2.75. The van der Waals surface area contributed by atoms with Crippen molar-refractivity contribution in [3.8, 4) is 5.75 Å². The molecule has 0 aliphatic heterocycles. The molecule has 0 aromatic heterocycles. The molecule has 0 fully saturated rings. The maximum Gasteiger partial charge on any atom is 0.333 e. The highest BCUT2D eigenvalue weighted by atomic mass is 16.5. The first-order valence-corrected chi connectivity index (χ1v) is 7.83. The Balaban J connectivity index is 2.10. The van der Waals surface area contributed by atoms with Crippen LogP contribution in [0.15, 0.2) is 60.2 Å². The van der Waals surface area contributed by atoms with Gasteiger partial charge < -0.3 is 14.4 Å². The van der Waals surface area contributed by atoms with Gasteiger partial charge in [0.1, 0.15) is 5.75 Å². The summed E-state index contributed by atoms with van der Waals surface area (Å²) in [6.07, 6.45) is 2.47. The predicted octanol–water partition coefficient (Wildman–Crippen LogP) is 3.78. The van der Waals surface area contributed by atoms with E-state index in [2.05, 4.69) is 4.90 Å². The Morgan fingerprint density at radius 1 is 1.04 bits per heavy atom. The van der Waals surface area contributed by atoms with Gasteiger partial charge in [0.15, 0.2) is 0 Å². The zero-order valence-corrected chi connectivity index (χ0v) is 14.4. The van der Waals surface area contributed by atoms with E-state index in [0.717, 1.165) is 23.5 Å². The fourth-order valence-electron chi connectivity index (χ4n) is 2.37. The molecule has 0 aliphatic carbocycles. The largest absolute Gasteiger partial charge is 0.497 e. The number of methoxy groups -OCH3 is 2. The average molecular weight is 325 g/mol. The number of nitrogens with zero attached hydrogens (tertiary/aromatic N) is 1. The summed E-state index contributed by atoms with van der Waals surface area (Å²) in [7, 11) is 5.05. The summed E-state index contributed by atoms with van der Waals surface area (Å²) >= 11 is 0. The Morgan fingerprint density at radius 2 is 1.71 bits per heavy atom. The second-order valence-corrected chi connectivity index (χ2v) is 5.44. The smallest absolute Gasteiger partial charge is 0.333 e. The summed E-state index contributed by atoms with van der Waals surface area (Å²) in [5, 5.41) is 0. The molecule has 0 radical (unpaired) electrons. The lowest BCUT2D eigenvalue weighted by atomic mass is 10.1. The van der Waals surface area contributed by atoms with Gasteiger partial charge in [-0.3, -0.25) is 0 Å². The number of hydrogen-bond donors (Lipinski definition) is 0.